The monoisotopic (exact) mass is 199 g/mol. The van der Waals surface area contributed by atoms with Gasteiger partial charge in [-0.2, -0.15) is 0 Å². The molecule has 3 N–H and O–H groups in total. The van der Waals surface area contributed by atoms with Gasteiger partial charge in [0.25, 0.3) is 0 Å². The number of phenolic OH excluding ortho intramolecular Hbond substituents is 1. The summed E-state index contributed by atoms with van der Waals surface area (Å²) in [6, 6.07) is 5.45. The van der Waals surface area contributed by atoms with Gasteiger partial charge in [0.05, 0.1) is 5.02 Å². The third-order valence-electron chi connectivity index (χ3n) is 1.90. The smallest absolute Gasteiger partial charge is 0.134 e. The van der Waals surface area contributed by atoms with E-state index in [1.807, 2.05) is 13.0 Å². The van der Waals surface area contributed by atoms with Crippen molar-refractivity contribution in [1.29, 1.82) is 0 Å². The lowest BCUT2D eigenvalue weighted by atomic mass is 10.1. The van der Waals surface area contributed by atoms with E-state index in [-0.39, 0.29) is 11.8 Å². The fourth-order valence-corrected chi connectivity index (χ4v) is 1.30. The van der Waals surface area contributed by atoms with Gasteiger partial charge in [0.1, 0.15) is 5.75 Å². The molecule has 0 aliphatic rings. The van der Waals surface area contributed by atoms with Gasteiger partial charge in [0.15, 0.2) is 0 Å². The molecule has 0 bridgehead atoms. The molecule has 0 saturated heterocycles. The minimum atomic E-state index is 0.131. The Morgan fingerprint density at radius 3 is 2.77 bits per heavy atom. The van der Waals surface area contributed by atoms with Crippen LogP contribution >= 0.6 is 11.6 Å². The molecule has 3 heteroatoms. The molecule has 1 aromatic carbocycles. The molecule has 0 unspecified atom stereocenters. The van der Waals surface area contributed by atoms with E-state index in [9.17, 15) is 0 Å². The van der Waals surface area contributed by atoms with E-state index in [1.54, 1.807) is 12.1 Å². The highest BCUT2D eigenvalue weighted by atomic mass is 35.5. The largest absolute Gasteiger partial charge is 0.506 e. The third-order valence-corrected chi connectivity index (χ3v) is 2.20. The summed E-state index contributed by atoms with van der Waals surface area (Å²) in [4.78, 5) is 0. The highest BCUT2D eigenvalue weighted by Crippen LogP contribution is 2.24. The summed E-state index contributed by atoms with van der Waals surface area (Å²) in [6.07, 6.45) is 1.83. The number of aryl methyl sites for hydroxylation is 1. The van der Waals surface area contributed by atoms with Crippen molar-refractivity contribution in [3.05, 3.63) is 28.8 Å². The number of aromatic hydroxyl groups is 1. The molecule has 13 heavy (non-hydrogen) atoms. The molecule has 1 rings (SSSR count). The maximum Gasteiger partial charge on any atom is 0.134 e. The van der Waals surface area contributed by atoms with Gasteiger partial charge in [-0.05, 0) is 37.5 Å². The predicted molar refractivity (Wildman–Crippen MR) is 55.1 cm³/mol. The summed E-state index contributed by atoms with van der Waals surface area (Å²) in [6.45, 7) is 1.97. The van der Waals surface area contributed by atoms with E-state index < -0.39 is 0 Å². The molecular formula is C10H14ClNO. The average Bonchev–Trinajstić information content (AvgIpc) is 2.07. The van der Waals surface area contributed by atoms with Gasteiger partial charge in [-0.3, -0.25) is 0 Å². The highest BCUT2D eigenvalue weighted by Gasteiger charge is 2.01. The number of nitrogens with two attached hydrogens (primary N) is 1. The van der Waals surface area contributed by atoms with Gasteiger partial charge in [-0.15, -0.1) is 0 Å². The van der Waals surface area contributed by atoms with Crippen LogP contribution in [0.1, 0.15) is 18.9 Å². The molecule has 0 amide bonds. The van der Waals surface area contributed by atoms with Gasteiger partial charge in [-0.1, -0.05) is 17.7 Å². The van der Waals surface area contributed by atoms with Crippen LogP contribution < -0.4 is 5.73 Å². The number of hydrogen-bond donors (Lipinski definition) is 2. The van der Waals surface area contributed by atoms with Gasteiger partial charge in [-0.25, -0.2) is 0 Å². The average molecular weight is 200 g/mol. The molecule has 1 aromatic rings. The molecule has 0 spiro atoms. The quantitative estimate of drug-likeness (QED) is 0.785. The minimum Gasteiger partial charge on any atom is -0.506 e. The van der Waals surface area contributed by atoms with Crippen molar-refractivity contribution >= 4 is 11.6 Å². The third kappa shape index (κ3) is 3.25. The molecule has 0 aliphatic carbocycles. The Bertz CT molecular complexity index is 286. The molecular weight excluding hydrogens is 186 g/mol. The van der Waals surface area contributed by atoms with Crippen molar-refractivity contribution in [2.24, 2.45) is 5.73 Å². The van der Waals surface area contributed by atoms with E-state index in [2.05, 4.69) is 0 Å². The van der Waals surface area contributed by atoms with Crippen molar-refractivity contribution in [3.63, 3.8) is 0 Å². The minimum absolute atomic E-state index is 0.131. The zero-order chi connectivity index (χ0) is 9.84. The Morgan fingerprint density at radius 2 is 2.23 bits per heavy atom. The first-order valence-corrected chi connectivity index (χ1v) is 4.70. The number of benzene rings is 1. The lowest BCUT2D eigenvalue weighted by molar-refractivity contribution is 0.475. The summed E-state index contributed by atoms with van der Waals surface area (Å²) in [5.41, 5.74) is 6.74. The van der Waals surface area contributed by atoms with Gasteiger partial charge in [0.2, 0.25) is 0 Å². The van der Waals surface area contributed by atoms with Crippen LogP contribution in [0.2, 0.25) is 5.02 Å². The normalized spacial score (nSPS) is 12.8. The first kappa shape index (κ1) is 10.4. The summed E-state index contributed by atoms with van der Waals surface area (Å²) in [7, 11) is 0. The molecule has 0 aromatic heterocycles. The Morgan fingerprint density at radius 1 is 1.54 bits per heavy atom. The topological polar surface area (TPSA) is 46.2 Å². The molecule has 72 valence electrons. The molecule has 0 heterocycles. The van der Waals surface area contributed by atoms with Crippen molar-refractivity contribution in [2.45, 2.75) is 25.8 Å². The number of rotatable bonds is 3. The van der Waals surface area contributed by atoms with Crippen molar-refractivity contribution in [3.8, 4) is 5.75 Å². The summed E-state index contributed by atoms with van der Waals surface area (Å²) < 4.78 is 0. The zero-order valence-electron chi connectivity index (χ0n) is 7.63. The second-order valence-electron chi connectivity index (χ2n) is 3.30. The Kier molecular flexibility index (Phi) is 3.58. The molecule has 1 atom stereocenters. The number of halogens is 1. The van der Waals surface area contributed by atoms with Crippen LogP contribution in [0.15, 0.2) is 18.2 Å². The Hall–Kier alpha value is -0.730. The lowest BCUT2D eigenvalue weighted by Crippen LogP contribution is -2.15. The van der Waals surface area contributed by atoms with Gasteiger partial charge in [0, 0.05) is 6.04 Å². The van der Waals surface area contributed by atoms with Gasteiger partial charge >= 0.3 is 0 Å². The Labute approximate surface area is 83.3 Å². The fraction of sp³-hybridized carbons (Fsp3) is 0.400. The second kappa shape index (κ2) is 4.49. The standard InChI is InChI=1S/C10H14ClNO/c1-7(12)2-3-8-4-5-10(13)9(11)6-8/h4-7,13H,2-3,12H2,1H3/t7-/m0/s1. The molecule has 0 fully saturated rings. The van der Waals surface area contributed by atoms with Crippen LogP contribution in [0, 0.1) is 0 Å². The van der Waals surface area contributed by atoms with Crippen LogP contribution in [-0.4, -0.2) is 11.1 Å². The van der Waals surface area contributed by atoms with Crippen molar-refractivity contribution in [2.75, 3.05) is 0 Å². The van der Waals surface area contributed by atoms with Crippen LogP contribution in [-0.2, 0) is 6.42 Å². The first-order valence-electron chi connectivity index (χ1n) is 4.32. The summed E-state index contributed by atoms with van der Waals surface area (Å²) in [5, 5.41) is 9.57. The SMILES string of the molecule is C[C@H](N)CCc1ccc(O)c(Cl)c1. The maximum atomic E-state index is 9.16. The number of phenols is 1. The van der Waals surface area contributed by atoms with E-state index in [4.69, 9.17) is 22.4 Å². The van der Waals surface area contributed by atoms with Gasteiger partial charge < -0.3 is 10.8 Å². The van der Waals surface area contributed by atoms with E-state index >= 15 is 0 Å². The molecule has 2 nitrogen and oxygen atoms in total. The van der Waals surface area contributed by atoms with E-state index in [0.717, 1.165) is 18.4 Å². The maximum absolute atomic E-state index is 9.16. The lowest BCUT2D eigenvalue weighted by Gasteiger charge is -2.05. The Balaban J connectivity index is 2.63. The molecule has 0 aliphatic heterocycles. The predicted octanol–water partition coefficient (Wildman–Crippen LogP) is 2.33. The van der Waals surface area contributed by atoms with Crippen LogP contribution in [0.4, 0.5) is 0 Å². The van der Waals surface area contributed by atoms with Crippen molar-refractivity contribution < 1.29 is 5.11 Å². The summed E-state index contributed by atoms with van der Waals surface area (Å²) in [5.74, 6) is 0.131. The molecule has 0 radical (unpaired) electrons. The van der Waals surface area contributed by atoms with Crippen molar-refractivity contribution in [1.82, 2.24) is 0 Å². The number of hydrogen-bond acceptors (Lipinski definition) is 2. The first-order chi connectivity index (χ1) is 6.09. The zero-order valence-corrected chi connectivity index (χ0v) is 8.38. The highest BCUT2D eigenvalue weighted by molar-refractivity contribution is 6.32. The summed E-state index contributed by atoms with van der Waals surface area (Å²) >= 11 is 5.75. The molecule has 0 saturated carbocycles. The van der Waals surface area contributed by atoms with E-state index in [0.29, 0.717) is 5.02 Å². The van der Waals surface area contributed by atoms with E-state index in [1.165, 1.54) is 0 Å². The van der Waals surface area contributed by atoms with Crippen LogP contribution in [0.25, 0.3) is 0 Å². The van der Waals surface area contributed by atoms with Crippen LogP contribution in [0.5, 0.6) is 5.75 Å². The second-order valence-corrected chi connectivity index (χ2v) is 3.71. The van der Waals surface area contributed by atoms with Crippen LogP contribution in [0.3, 0.4) is 0 Å². The fourth-order valence-electron chi connectivity index (χ4n) is 1.10.